The monoisotopic (exact) mass is 214 g/mol. The van der Waals surface area contributed by atoms with Crippen LogP contribution in [0.2, 0.25) is 0 Å². The van der Waals surface area contributed by atoms with E-state index >= 15 is 0 Å². The first kappa shape index (κ1) is 9.91. The summed E-state index contributed by atoms with van der Waals surface area (Å²) in [5, 5.41) is 4.92. The van der Waals surface area contributed by atoms with Crippen LogP contribution in [0.25, 0.3) is 10.9 Å². The fourth-order valence-corrected chi connectivity index (χ4v) is 2.87. The molecule has 0 amide bonds. The van der Waals surface area contributed by atoms with Crippen molar-refractivity contribution in [3.05, 3.63) is 35.5 Å². The van der Waals surface area contributed by atoms with Gasteiger partial charge in [-0.05, 0) is 17.5 Å². The summed E-state index contributed by atoms with van der Waals surface area (Å²) < 4.78 is 2.49. The molecule has 2 aromatic rings. The summed E-state index contributed by atoms with van der Waals surface area (Å²) in [4.78, 5) is 0. The van der Waals surface area contributed by atoms with E-state index < -0.39 is 0 Å². The fraction of sp³-hybridized carbons (Fsp3) is 0.429. The topological polar surface area (TPSA) is 17.0 Å². The third-order valence-corrected chi connectivity index (χ3v) is 3.50. The first-order valence-electron chi connectivity index (χ1n) is 6.09. The highest BCUT2D eigenvalue weighted by Gasteiger charge is 2.20. The smallest absolute Gasteiger partial charge is 0.0486 e. The summed E-state index contributed by atoms with van der Waals surface area (Å²) in [5.74, 6) is 0.598. The van der Waals surface area contributed by atoms with Crippen molar-refractivity contribution in [3.63, 3.8) is 0 Å². The molecule has 1 aromatic carbocycles. The molecule has 0 saturated heterocycles. The quantitative estimate of drug-likeness (QED) is 0.772. The Kier molecular flexibility index (Phi) is 2.25. The summed E-state index contributed by atoms with van der Waals surface area (Å²) in [5.41, 5.74) is 4.42. The summed E-state index contributed by atoms with van der Waals surface area (Å²) in [6, 6.07) is 8.79. The zero-order chi connectivity index (χ0) is 11.1. The van der Waals surface area contributed by atoms with Crippen molar-refractivity contribution in [3.8, 4) is 0 Å². The summed E-state index contributed by atoms with van der Waals surface area (Å²) >= 11 is 0. The van der Waals surface area contributed by atoms with Gasteiger partial charge in [0.05, 0.1) is 0 Å². The van der Waals surface area contributed by atoms with Gasteiger partial charge in [0.1, 0.15) is 0 Å². The molecule has 0 spiro atoms. The number of nitrogens with zero attached hydrogens (tertiary/aromatic N) is 1. The zero-order valence-electron chi connectivity index (χ0n) is 9.96. The van der Waals surface area contributed by atoms with Crippen molar-refractivity contribution in [2.75, 3.05) is 6.54 Å². The first-order valence-corrected chi connectivity index (χ1v) is 6.09. The molecule has 16 heavy (non-hydrogen) atoms. The Bertz CT molecular complexity index is 523. The van der Waals surface area contributed by atoms with Crippen molar-refractivity contribution in [1.29, 1.82) is 0 Å². The lowest BCUT2D eigenvalue weighted by atomic mass is 9.99. The molecule has 0 unspecified atom stereocenters. The van der Waals surface area contributed by atoms with Crippen LogP contribution in [-0.4, -0.2) is 11.1 Å². The molecule has 0 atom stereocenters. The van der Waals surface area contributed by atoms with Crippen LogP contribution in [0.1, 0.15) is 31.0 Å². The number of aromatic nitrogens is 1. The molecule has 1 aliphatic heterocycles. The first-order chi connectivity index (χ1) is 7.79. The minimum absolute atomic E-state index is 0.598. The Labute approximate surface area is 96.3 Å². The van der Waals surface area contributed by atoms with Crippen LogP contribution in [0.15, 0.2) is 24.3 Å². The Hall–Kier alpha value is -1.28. The lowest BCUT2D eigenvalue weighted by Gasteiger charge is -2.19. The van der Waals surface area contributed by atoms with E-state index in [1.165, 1.54) is 22.2 Å². The second kappa shape index (κ2) is 3.63. The van der Waals surface area contributed by atoms with E-state index in [-0.39, 0.29) is 0 Å². The molecule has 3 rings (SSSR count). The maximum atomic E-state index is 3.48. The Morgan fingerprint density at radius 3 is 2.88 bits per heavy atom. The molecule has 1 aliphatic rings. The lowest BCUT2D eigenvalue weighted by Crippen LogP contribution is -2.28. The molecule has 2 heteroatoms. The molecule has 2 nitrogen and oxygen atoms in total. The zero-order valence-corrected chi connectivity index (χ0v) is 9.96. The highest BCUT2D eigenvalue weighted by molar-refractivity contribution is 5.86. The second-order valence-corrected chi connectivity index (χ2v) is 4.86. The minimum Gasteiger partial charge on any atom is -0.342 e. The summed E-state index contributed by atoms with van der Waals surface area (Å²) in [6.45, 7) is 7.78. The molecule has 0 saturated carbocycles. The van der Waals surface area contributed by atoms with E-state index in [9.17, 15) is 0 Å². The van der Waals surface area contributed by atoms with Crippen LogP contribution < -0.4 is 5.32 Å². The number of nitrogens with one attached hydrogen (secondary N) is 1. The predicted octanol–water partition coefficient (Wildman–Crippen LogP) is 2.87. The molecular formula is C14H18N2. The van der Waals surface area contributed by atoms with Gasteiger partial charge in [-0.2, -0.15) is 0 Å². The van der Waals surface area contributed by atoms with Gasteiger partial charge in [0.15, 0.2) is 0 Å². The van der Waals surface area contributed by atoms with Crippen LogP contribution in [0, 0.1) is 0 Å². The summed E-state index contributed by atoms with van der Waals surface area (Å²) in [6.07, 6.45) is 0. The fourth-order valence-electron chi connectivity index (χ4n) is 2.87. The van der Waals surface area contributed by atoms with Crippen LogP contribution >= 0.6 is 0 Å². The molecule has 0 bridgehead atoms. The van der Waals surface area contributed by atoms with Crippen molar-refractivity contribution in [1.82, 2.24) is 9.88 Å². The molecule has 2 heterocycles. The average Bonchev–Trinajstić information content (AvgIpc) is 2.63. The Balaban J connectivity index is 2.37. The van der Waals surface area contributed by atoms with Crippen molar-refractivity contribution in [2.45, 2.75) is 32.9 Å². The highest BCUT2D eigenvalue weighted by atomic mass is 15.1. The van der Waals surface area contributed by atoms with E-state index in [0.29, 0.717) is 5.92 Å². The molecule has 0 aliphatic carbocycles. The number of hydrogen-bond acceptors (Lipinski definition) is 1. The van der Waals surface area contributed by atoms with Crippen LogP contribution in [0.3, 0.4) is 0 Å². The molecular weight excluding hydrogens is 196 g/mol. The maximum absolute atomic E-state index is 3.48. The second-order valence-electron chi connectivity index (χ2n) is 4.86. The Morgan fingerprint density at radius 2 is 2.06 bits per heavy atom. The number of benzene rings is 1. The van der Waals surface area contributed by atoms with Gasteiger partial charge in [0.2, 0.25) is 0 Å². The van der Waals surface area contributed by atoms with Gasteiger partial charge in [-0.1, -0.05) is 32.0 Å². The minimum atomic E-state index is 0.598. The van der Waals surface area contributed by atoms with E-state index in [0.717, 1.165) is 19.6 Å². The number of fused-ring (bicyclic) bond motifs is 3. The number of hydrogen-bond donors (Lipinski definition) is 1. The van der Waals surface area contributed by atoms with Crippen LogP contribution in [0.4, 0.5) is 0 Å². The van der Waals surface area contributed by atoms with Gasteiger partial charge in [0.25, 0.3) is 0 Å². The average molecular weight is 214 g/mol. The van der Waals surface area contributed by atoms with Gasteiger partial charge >= 0.3 is 0 Å². The van der Waals surface area contributed by atoms with Crippen molar-refractivity contribution in [2.24, 2.45) is 0 Å². The van der Waals surface area contributed by atoms with E-state index in [1.54, 1.807) is 0 Å². The van der Waals surface area contributed by atoms with E-state index in [4.69, 9.17) is 0 Å². The SMILES string of the molecule is CC(C)c1c2n(c3ccccc13)CCNC2. The molecule has 0 radical (unpaired) electrons. The Morgan fingerprint density at radius 1 is 1.25 bits per heavy atom. The number of rotatable bonds is 1. The van der Waals surface area contributed by atoms with Gasteiger partial charge in [0, 0.05) is 36.2 Å². The van der Waals surface area contributed by atoms with Gasteiger partial charge in [-0.15, -0.1) is 0 Å². The number of para-hydroxylation sites is 1. The van der Waals surface area contributed by atoms with Crippen LogP contribution in [-0.2, 0) is 13.1 Å². The molecule has 1 N–H and O–H groups in total. The normalized spacial score (nSPS) is 15.7. The van der Waals surface area contributed by atoms with E-state index in [2.05, 4.69) is 48.0 Å². The van der Waals surface area contributed by atoms with Crippen LogP contribution in [0.5, 0.6) is 0 Å². The lowest BCUT2D eigenvalue weighted by molar-refractivity contribution is 0.520. The van der Waals surface area contributed by atoms with Crippen molar-refractivity contribution < 1.29 is 0 Å². The largest absolute Gasteiger partial charge is 0.342 e. The molecule has 1 aromatic heterocycles. The standard InChI is InChI=1S/C14H18N2/c1-10(2)14-11-5-3-4-6-12(11)16-8-7-15-9-13(14)16/h3-6,10,15H,7-9H2,1-2H3. The third-order valence-electron chi connectivity index (χ3n) is 3.50. The molecule has 0 fully saturated rings. The van der Waals surface area contributed by atoms with E-state index in [1.807, 2.05) is 0 Å². The highest BCUT2D eigenvalue weighted by Crippen LogP contribution is 2.32. The van der Waals surface area contributed by atoms with Gasteiger partial charge < -0.3 is 9.88 Å². The van der Waals surface area contributed by atoms with Gasteiger partial charge in [-0.3, -0.25) is 0 Å². The predicted molar refractivity (Wildman–Crippen MR) is 67.7 cm³/mol. The van der Waals surface area contributed by atoms with Gasteiger partial charge in [-0.25, -0.2) is 0 Å². The maximum Gasteiger partial charge on any atom is 0.0486 e. The third kappa shape index (κ3) is 1.30. The molecule has 84 valence electrons. The summed E-state index contributed by atoms with van der Waals surface area (Å²) in [7, 11) is 0. The van der Waals surface area contributed by atoms with Crippen molar-refractivity contribution >= 4 is 10.9 Å².